The summed E-state index contributed by atoms with van der Waals surface area (Å²) in [7, 11) is 0. The first kappa shape index (κ1) is 21.1. The molecule has 0 saturated carbocycles. The third-order valence-corrected chi connectivity index (χ3v) is 3.74. The highest BCUT2D eigenvalue weighted by Gasteiger charge is 2.30. The molecule has 1 aliphatic heterocycles. The van der Waals surface area contributed by atoms with E-state index in [2.05, 4.69) is 10.6 Å². The zero-order valence-electron chi connectivity index (χ0n) is 16.1. The third kappa shape index (κ3) is 5.63. The molecule has 0 saturated heterocycles. The van der Waals surface area contributed by atoms with Gasteiger partial charge in [0.15, 0.2) is 18.1 Å². The number of nitrogens with one attached hydrogen (secondary N) is 2. The number of carbonyl (C=O) groups is 3. The van der Waals surface area contributed by atoms with Crippen LogP contribution in [-0.2, 0) is 19.1 Å². The standard InChI is InChI=1S/C19H24N2O7/c1-4-25-14-8-6-7-9-15(14)27-11-16(22)28-10-13-17(18(23)26-5-2)12(3)20-19(24)21-13/h6-9,12H,4-5,10-11H2,1-3H3,(H2,20,21,24)/t12-/m0/s1. The van der Waals surface area contributed by atoms with Crippen LogP contribution in [0.1, 0.15) is 20.8 Å². The van der Waals surface area contributed by atoms with E-state index in [9.17, 15) is 14.4 Å². The van der Waals surface area contributed by atoms with Crippen LogP contribution in [0.25, 0.3) is 0 Å². The fourth-order valence-corrected chi connectivity index (χ4v) is 2.57. The number of benzene rings is 1. The van der Waals surface area contributed by atoms with Crippen molar-refractivity contribution in [1.29, 1.82) is 0 Å². The van der Waals surface area contributed by atoms with Gasteiger partial charge in [-0.1, -0.05) is 12.1 Å². The maximum Gasteiger partial charge on any atom is 0.344 e. The Morgan fingerprint density at radius 2 is 1.71 bits per heavy atom. The third-order valence-electron chi connectivity index (χ3n) is 3.74. The molecule has 1 aromatic rings. The van der Waals surface area contributed by atoms with Crippen molar-refractivity contribution in [3.8, 4) is 11.5 Å². The van der Waals surface area contributed by atoms with Gasteiger partial charge in [-0.25, -0.2) is 14.4 Å². The van der Waals surface area contributed by atoms with E-state index in [1.807, 2.05) is 6.92 Å². The summed E-state index contributed by atoms with van der Waals surface area (Å²) in [6.07, 6.45) is 0. The van der Waals surface area contributed by atoms with Crippen molar-refractivity contribution in [1.82, 2.24) is 10.6 Å². The molecule has 0 aromatic heterocycles. The summed E-state index contributed by atoms with van der Waals surface area (Å²) in [6.45, 7) is 5.16. The molecule has 1 aromatic carbocycles. The van der Waals surface area contributed by atoms with Crippen LogP contribution < -0.4 is 20.1 Å². The molecule has 0 fully saturated rings. The maximum atomic E-state index is 12.1. The molecule has 9 nitrogen and oxygen atoms in total. The molecule has 0 radical (unpaired) electrons. The van der Waals surface area contributed by atoms with E-state index in [1.165, 1.54) is 0 Å². The molecule has 9 heteroatoms. The average Bonchev–Trinajstić information content (AvgIpc) is 2.65. The van der Waals surface area contributed by atoms with Crippen molar-refractivity contribution in [2.75, 3.05) is 26.4 Å². The first-order valence-electron chi connectivity index (χ1n) is 8.94. The molecule has 28 heavy (non-hydrogen) atoms. The molecule has 0 bridgehead atoms. The van der Waals surface area contributed by atoms with Gasteiger partial charge in [0, 0.05) is 0 Å². The second-order valence-corrected chi connectivity index (χ2v) is 5.76. The van der Waals surface area contributed by atoms with Gasteiger partial charge in [0.2, 0.25) is 0 Å². The van der Waals surface area contributed by atoms with Crippen LogP contribution in [0.2, 0.25) is 0 Å². The predicted octanol–water partition coefficient (Wildman–Crippen LogP) is 1.53. The van der Waals surface area contributed by atoms with Crippen LogP contribution in [0.4, 0.5) is 4.79 Å². The second-order valence-electron chi connectivity index (χ2n) is 5.76. The molecular weight excluding hydrogens is 368 g/mol. The SMILES string of the molecule is CCOC(=O)C1=C(COC(=O)COc2ccccc2OCC)NC(=O)N[C@H]1C. The highest BCUT2D eigenvalue weighted by molar-refractivity contribution is 5.94. The van der Waals surface area contributed by atoms with Crippen LogP contribution in [0.15, 0.2) is 35.5 Å². The summed E-state index contributed by atoms with van der Waals surface area (Å²) in [5.41, 5.74) is 0.384. The summed E-state index contributed by atoms with van der Waals surface area (Å²) in [5, 5.41) is 5.05. The van der Waals surface area contributed by atoms with Gasteiger partial charge in [-0.3, -0.25) is 0 Å². The number of hydrogen-bond donors (Lipinski definition) is 2. The van der Waals surface area contributed by atoms with Gasteiger partial charge in [0.1, 0.15) is 6.61 Å². The number of rotatable bonds is 9. The van der Waals surface area contributed by atoms with Crippen molar-refractivity contribution in [2.24, 2.45) is 0 Å². The average molecular weight is 392 g/mol. The minimum Gasteiger partial charge on any atom is -0.490 e. The fourth-order valence-electron chi connectivity index (χ4n) is 2.57. The molecule has 2 rings (SSSR count). The van der Waals surface area contributed by atoms with Crippen molar-refractivity contribution >= 4 is 18.0 Å². The van der Waals surface area contributed by atoms with Gasteiger partial charge < -0.3 is 29.6 Å². The molecule has 0 aliphatic carbocycles. The summed E-state index contributed by atoms with van der Waals surface area (Å²) in [4.78, 5) is 35.8. The largest absolute Gasteiger partial charge is 0.490 e. The van der Waals surface area contributed by atoms with Gasteiger partial charge in [-0.15, -0.1) is 0 Å². The lowest BCUT2D eigenvalue weighted by atomic mass is 10.0. The highest BCUT2D eigenvalue weighted by Crippen LogP contribution is 2.26. The smallest absolute Gasteiger partial charge is 0.344 e. The van der Waals surface area contributed by atoms with Gasteiger partial charge >= 0.3 is 18.0 Å². The van der Waals surface area contributed by atoms with Crippen LogP contribution in [0.3, 0.4) is 0 Å². The highest BCUT2D eigenvalue weighted by atomic mass is 16.6. The summed E-state index contributed by atoms with van der Waals surface area (Å²) in [6, 6.07) is 5.89. The predicted molar refractivity (Wildman–Crippen MR) is 98.9 cm³/mol. The van der Waals surface area contributed by atoms with E-state index in [-0.39, 0.29) is 31.1 Å². The Morgan fingerprint density at radius 3 is 2.36 bits per heavy atom. The van der Waals surface area contributed by atoms with Gasteiger partial charge in [0.25, 0.3) is 0 Å². The molecule has 0 unspecified atom stereocenters. The van der Waals surface area contributed by atoms with Crippen LogP contribution >= 0.6 is 0 Å². The zero-order valence-corrected chi connectivity index (χ0v) is 16.1. The Bertz CT molecular complexity index is 760. The Kier molecular flexibility index (Phi) is 7.67. The van der Waals surface area contributed by atoms with Gasteiger partial charge in [-0.2, -0.15) is 0 Å². The zero-order chi connectivity index (χ0) is 20.5. The van der Waals surface area contributed by atoms with Gasteiger partial charge in [0.05, 0.1) is 30.5 Å². The van der Waals surface area contributed by atoms with Gasteiger partial charge in [-0.05, 0) is 32.9 Å². The Morgan fingerprint density at radius 1 is 1.04 bits per heavy atom. The second kappa shape index (κ2) is 10.2. The first-order valence-corrected chi connectivity index (χ1v) is 8.94. The first-order chi connectivity index (χ1) is 13.5. The molecule has 1 aliphatic rings. The van der Waals surface area contributed by atoms with Crippen molar-refractivity contribution in [3.05, 3.63) is 35.5 Å². The molecule has 0 spiro atoms. The number of para-hydroxylation sites is 2. The van der Waals surface area contributed by atoms with E-state index < -0.39 is 24.0 Å². The van der Waals surface area contributed by atoms with Crippen molar-refractivity contribution < 1.29 is 33.3 Å². The Hall–Kier alpha value is -3.23. The van der Waals surface area contributed by atoms with Crippen LogP contribution in [0, 0.1) is 0 Å². The number of hydrogen-bond acceptors (Lipinski definition) is 7. The van der Waals surface area contributed by atoms with Crippen molar-refractivity contribution in [2.45, 2.75) is 26.8 Å². The lowest BCUT2D eigenvalue weighted by Gasteiger charge is -2.26. The molecule has 1 heterocycles. The topological polar surface area (TPSA) is 112 Å². The minimum atomic E-state index is -0.664. The van der Waals surface area contributed by atoms with E-state index in [1.54, 1.807) is 38.1 Å². The summed E-state index contributed by atoms with van der Waals surface area (Å²) in [5.74, 6) is -0.320. The van der Waals surface area contributed by atoms with E-state index in [0.29, 0.717) is 18.1 Å². The molecule has 152 valence electrons. The van der Waals surface area contributed by atoms with Crippen LogP contribution in [0.5, 0.6) is 11.5 Å². The number of carbonyl (C=O) groups excluding carboxylic acids is 3. The van der Waals surface area contributed by atoms with E-state index >= 15 is 0 Å². The fraction of sp³-hybridized carbons (Fsp3) is 0.421. The van der Waals surface area contributed by atoms with Crippen molar-refractivity contribution in [3.63, 3.8) is 0 Å². The van der Waals surface area contributed by atoms with E-state index in [0.717, 1.165) is 0 Å². The normalized spacial score (nSPS) is 16.0. The molecule has 2 N–H and O–H groups in total. The Labute approximate surface area is 163 Å². The number of esters is 2. The lowest BCUT2D eigenvalue weighted by molar-refractivity contribution is -0.145. The molecule has 1 atom stereocenters. The van der Waals surface area contributed by atoms with E-state index in [4.69, 9.17) is 18.9 Å². The minimum absolute atomic E-state index is 0.178. The van der Waals surface area contributed by atoms with Crippen LogP contribution in [-0.4, -0.2) is 50.4 Å². The quantitative estimate of drug-likeness (QED) is 0.613. The number of amides is 2. The molecular formula is C19H24N2O7. The summed E-state index contributed by atoms with van der Waals surface area (Å²) >= 11 is 0. The maximum absolute atomic E-state index is 12.1. The monoisotopic (exact) mass is 392 g/mol. The number of ether oxygens (including phenoxy) is 4. The number of urea groups is 1. The molecule has 2 amide bonds. The Balaban J connectivity index is 1.99. The summed E-state index contributed by atoms with van der Waals surface area (Å²) < 4.78 is 21.0. The lowest BCUT2D eigenvalue weighted by Crippen LogP contribution is -2.50.